The molecule has 0 aromatic rings. The van der Waals surface area contributed by atoms with Crippen LogP contribution in [0.15, 0.2) is 0 Å². The summed E-state index contributed by atoms with van der Waals surface area (Å²) in [5.41, 5.74) is 0. The van der Waals surface area contributed by atoms with Crippen LogP contribution in [0.5, 0.6) is 0 Å². The minimum absolute atomic E-state index is 0. The van der Waals surface area contributed by atoms with E-state index >= 15 is 0 Å². The minimum atomic E-state index is -1.42. The molecule has 0 rings (SSSR count). The number of carbonyl (C=O) groups excluding carboxylic acids is 6. The van der Waals surface area contributed by atoms with Crippen molar-refractivity contribution in [1.29, 1.82) is 0 Å². The fraction of sp³-hybridized carbons (Fsp3) is 0.700. The van der Waals surface area contributed by atoms with Crippen LogP contribution >= 0.6 is 0 Å². The average molecular weight is 940 g/mol. The topological polar surface area (TPSA) is 433 Å². The van der Waals surface area contributed by atoms with E-state index in [0.29, 0.717) is 0 Å². The standard InChI is InChI=1S/3C10H18N2O7.2Fe/c3*13-4-3-11(5-8(14)15)1-2-12(6-9(16)17)7-10(18)19;;/h3*13H,1-7H2,(H,14,15)(H,16,17)(H,18,19);;/q;;;2*+3/p-6. The molecule has 0 spiro atoms. The summed E-state index contributed by atoms with van der Waals surface area (Å²) in [6.45, 7) is -4.71. The Morgan fingerprint density at radius 3 is 0.576 bits per heavy atom. The van der Waals surface area contributed by atoms with Crippen molar-refractivity contribution in [1.82, 2.24) is 29.4 Å². The van der Waals surface area contributed by atoms with Gasteiger partial charge in [0.1, 0.15) is 0 Å². The molecule has 6 N–H and O–H groups in total. The molecule has 0 aromatic heterocycles. The number of hydrogen-bond acceptors (Lipinski definition) is 24. The Hall–Kier alpha value is -4.09. The molecule has 0 atom stereocenters. The second-order valence-electron chi connectivity index (χ2n) is 11.5. The Bertz CT molecular complexity index is 1080. The number of hydrogen-bond donors (Lipinski definition) is 6. The number of carbonyl (C=O) groups is 9. The summed E-state index contributed by atoms with van der Waals surface area (Å²) < 4.78 is 0. The van der Waals surface area contributed by atoms with Gasteiger partial charge in [-0.25, -0.2) is 0 Å². The quantitative estimate of drug-likeness (QED) is 0.0333. The predicted molar refractivity (Wildman–Crippen MR) is 173 cm³/mol. The van der Waals surface area contributed by atoms with Crippen molar-refractivity contribution in [3.63, 3.8) is 0 Å². The molecule has 0 aliphatic heterocycles. The third-order valence-electron chi connectivity index (χ3n) is 6.64. The van der Waals surface area contributed by atoms with Crippen LogP contribution < -0.4 is 30.6 Å². The van der Waals surface area contributed by atoms with E-state index in [-0.39, 0.29) is 113 Å². The molecule has 2 radical (unpaired) electrons. The third-order valence-corrected chi connectivity index (χ3v) is 6.64. The molecule has 59 heavy (non-hydrogen) atoms. The van der Waals surface area contributed by atoms with Crippen molar-refractivity contribution in [2.75, 3.05) is 138 Å². The van der Waals surface area contributed by atoms with Crippen LogP contribution in [0.3, 0.4) is 0 Å². The fourth-order valence-corrected chi connectivity index (χ4v) is 4.39. The number of aliphatic hydroxyl groups is 3. The summed E-state index contributed by atoms with van der Waals surface area (Å²) in [6.07, 6.45) is 0. The summed E-state index contributed by atoms with van der Waals surface area (Å²) >= 11 is 0. The van der Waals surface area contributed by atoms with Crippen LogP contribution in [0.25, 0.3) is 0 Å². The van der Waals surface area contributed by atoms with Gasteiger partial charge in [0, 0.05) is 98.2 Å². The fourth-order valence-electron chi connectivity index (χ4n) is 4.39. The zero-order valence-corrected chi connectivity index (χ0v) is 33.8. The molecule has 29 heteroatoms. The first-order chi connectivity index (χ1) is 26.5. The van der Waals surface area contributed by atoms with Gasteiger partial charge in [-0.05, 0) is 0 Å². The first kappa shape index (κ1) is 64.1. The predicted octanol–water partition coefficient (Wildman–Crippen LogP) is -14.5. The smallest absolute Gasteiger partial charge is 0.549 e. The summed E-state index contributed by atoms with van der Waals surface area (Å²) in [7, 11) is 0. The molecular weight excluding hydrogens is 892 g/mol. The zero-order valence-electron chi connectivity index (χ0n) is 31.5. The molecular formula is C30H48Fe2N6O21. The number of aliphatic carboxylic acids is 9. The summed E-state index contributed by atoms with van der Waals surface area (Å²) in [6, 6.07) is 0. The third kappa shape index (κ3) is 46.5. The van der Waals surface area contributed by atoms with Gasteiger partial charge in [0.15, 0.2) is 0 Å². The monoisotopic (exact) mass is 940 g/mol. The zero-order chi connectivity index (χ0) is 44.5. The number of rotatable bonds is 33. The van der Waals surface area contributed by atoms with E-state index < -0.39 is 113 Å². The van der Waals surface area contributed by atoms with Gasteiger partial charge in [-0.3, -0.25) is 43.8 Å². The van der Waals surface area contributed by atoms with Crippen molar-refractivity contribution in [2.24, 2.45) is 0 Å². The molecule has 0 aromatic carbocycles. The molecule has 340 valence electrons. The molecule has 0 aliphatic carbocycles. The van der Waals surface area contributed by atoms with Gasteiger partial charge in [0.25, 0.3) is 0 Å². The Morgan fingerprint density at radius 2 is 0.441 bits per heavy atom. The van der Waals surface area contributed by atoms with Crippen molar-refractivity contribution >= 4 is 53.7 Å². The van der Waals surface area contributed by atoms with Crippen molar-refractivity contribution in [3.05, 3.63) is 0 Å². The van der Waals surface area contributed by atoms with E-state index in [4.69, 9.17) is 30.6 Å². The molecule has 0 amide bonds. The number of aliphatic hydroxyl groups excluding tert-OH is 3. The Morgan fingerprint density at radius 1 is 0.288 bits per heavy atom. The van der Waals surface area contributed by atoms with Crippen molar-refractivity contribution in [2.45, 2.75) is 0 Å². The van der Waals surface area contributed by atoms with Gasteiger partial charge < -0.3 is 90.0 Å². The minimum Gasteiger partial charge on any atom is -0.549 e. The van der Waals surface area contributed by atoms with Crippen LogP contribution in [-0.2, 0) is 77.3 Å². The molecule has 0 fully saturated rings. The van der Waals surface area contributed by atoms with E-state index in [1.807, 2.05) is 0 Å². The molecule has 0 saturated heterocycles. The average Bonchev–Trinajstić information content (AvgIpc) is 3.03. The molecule has 0 saturated carbocycles. The van der Waals surface area contributed by atoms with Crippen molar-refractivity contribution < 1.29 is 139 Å². The largest absolute Gasteiger partial charge is 3.00 e. The Balaban J connectivity index is -0.000000243. The maximum Gasteiger partial charge on any atom is 3.00 e. The first-order valence-corrected chi connectivity index (χ1v) is 16.6. The van der Waals surface area contributed by atoms with Gasteiger partial charge in [-0.15, -0.1) is 0 Å². The Kier molecular flexibility index (Phi) is 42.8. The van der Waals surface area contributed by atoms with Gasteiger partial charge in [0.05, 0.1) is 75.3 Å². The maximum atomic E-state index is 10.5. The van der Waals surface area contributed by atoms with Crippen LogP contribution in [0.4, 0.5) is 0 Å². The second kappa shape index (κ2) is 39.4. The van der Waals surface area contributed by atoms with E-state index in [9.17, 15) is 73.8 Å². The van der Waals surface area contributed by atoms with Gasteiger partial charge >= 0.3 is 52.0 Å². The summed E-state index contributed by atoms with van der Waals surface area (Å²) in [5, 5.41) is 115. The van der Waals surface area contributed by atoms with E-state index in [1.165, 1.54) is 14.7 Å². The molecule has 0 aliphatic rings. The Labute approximate surface area is 358 Å². The summed E-state index contributed by atoms with van der Waals surface area (Å²) in [4.78, 5) is 101. The van der Waals surface area contributed by atoms with Crippen LogP contribution in [-0.4, -0.2) is 251 Å². The number of carboxylic acids is 9. The van der Waals surface area contributed by atoms with E-state index in [0.717, 1.165) is 14.7 Å². The number of nitrogens with zero attached hydrogens (tertiary/aromatic N) is 6. The van der Waals surface area contributed by atoms with Gasteiger partial charge in [-0.1, -0.05) is 0 Å². The van der Waals surface area contributed by atoms with Crippen molar-refractivity contribution in [3.8, 4) is 0 Å². The molecule has 0 unspecified atom stereocenters. The maximum absolute atomic E-state index is 10.5. The molecule has 0 heterocycles. The van der Waals surface area contributed by atoms with E-state index in [1.54, 1.807) is 0 Å². The van der Waals surface area contributed by atoms with Gasteiger partial charge in [-0.2, -0.15) is 0 Å². The molecule has 27 nitrogen and oxygen atoms in total. The normalized spacial score (nSPS) is 10.5. The molecule has 0 bridgehead atoms. The van der Waals surface area contributed by atoms with Crippen LogP contribution in [0, 0.1) is 0 Å². The van der Waals surface area contributed by atoms with E-state index in [2.05, 4.69) is 0 Å². The van der Waals surface area contributed by atoms with Crippen LogP contribution in [0.2, 0.25) is 0 Å². The van der Waals surface area contributed by atoms with Crippen LogP contribution in [0.1, 0.15) is 0 Å². The van der Waals surface area contributed by atoms with Gasteiger partial charge in [0.2, 0.25) is 0 Å². The number of carboxylic acid groups (broad SMARTS) is 9. The first-order valence-electron chi connectivity index (χ1n) is 16.6. The second-order valence-corrected chi connectivity index (χ2v) is 11.5. The summed E-state index contributed by atoms with van der Waals surface area (Å²) in [5.74, 6) is -11.9. The SMILES string of the molecule is O=C([O-])CN(CCO)CCN(CC(=O)[O-])CC(=O)O.O=C([O-])CN(CCO)CCN(CC(=O)[O-])CC(=O)O.O=C([O-])CN(CCO)CCN(CC(=O)[O-])CC(=O)O.[Fe+3].[Fe+3].